The number of anilines is 1. The van der Waals surface area contributed by atoms with Gasteiger partial charge in [-0.05, 0) is 24.3 Å². The molecular formula is C11H13NO4. The van der Waals surface area contributed by atoms with Gasteiger partial charge in [0.2, 0.25) is 0 Å². The Hall–Kier alpha value is -2.04. The van der Waals surface area contributed by atoms with Crippen LogP contribution < -0.4 is 5.32 Å². The molecule has 0 aromatic heterocycles. The van der Waals surface area contributed by atoms with Crippen molar-refractivity contribution in [2.24, 2.45) is 0 Å². The molecule has 0 aliphatic carbocycles. The summed E-state index contributed by atoms with van der Waals surface area (Å²) in [6.45, 7) is 0.457. The van der Waals surface area contributed by atoms with E-state index >= 15 is 0 Å². The molecule has 0 aliphatic rings. The van der Waals surface area contributed by atoms with E-state index in [1.54, 1.807) is 12.1 Å². The predicted octanol–water partition coefficient (Wildman–Crippen LogP) is 1.36. The van der Waals surface area contributed by atoms with Crippen LogP contribution in [0.1, 0.15) is 16.8 Å². The monoisotopic (exact) mass is 223 g/mol. The fourth-order valence-electron chi connectivity index (χ4n) is 1.14. The first-order valence-corrected chi connectivity index (χ1v) is 4.77. The predicted molar refractivity (Wildman–Crippen MR) is 58.5 cm³/mol. The highest BCUT2D eigenvalue weighted by atomic mass is 16.5. The third-order valence-corrected chi connectivity index (χ3v) is 2.02. The van der Waals surface area contributed by atoms with Gasteiger partial charge in [0.15, 0.2) is 0 Å². The lowest BCUT2D eigenvalue weighted by Gasteiger charge is -2.05. The number of benzene rings is 1. The molecule has 0 fully saturated rings. The zero-order valence-electron chi connectivity index (χ0n) is 8.90. The summed E-state index contributed by atoms with van der Waals surface area (Å²) < 4.78 is 4.48. The molecule has 86 valence electrons. The lowest BCUT2D eigenvalue weighted by atomic mass is 10.2. The third kappa shape index (κ3) is 3.61. The molecule has 16 heavy (non-hydrogen) atoms. The number of carbonyl (C=O) groups is 2. The second-order valence-electron chi connectivity index (χ2n) is 3.14. The Bertz CT molecular complexity index is 372. The van der Waals surface area contributed by atoms with Crippen molar-refractivity contribution in [2.75, 3.05) is 19.0 Å². The van der Waals surface area contributed by atoms with Crippen molar-refractivity contribution in [1.29, 1.82) is 0 Å². The highest BCUT2D eigenvalue weighted by molar-refractivity contribution is 5.88. The van der Waals surface area contributed by atoms with Gasteiger partial charge in [0.25, 0.3) is 0 Å². The summed E-state index contributed by atoms with van der Waals surface area (Å²) in [5.41, 5.74) is 1.01. The van der Waals surface area contributed by atoms with E-state index in [4.69, 9.17) is 5.11 Å². The first kappa shape index (κ1) is 12.0. The van der Waals surface area contributed by atoms with Crippen LogP contribution in [0.25, 0.3) is 0 Å². The number of hydrogen-bond donors (Lipinski definition) is 2. The second-order valence-corrected chi connectivity index (χ2v) is 3.14. The Morgan fingerprint density at radius 3 is 2.44 bits per heavy atom. The first-order valence-electron chi connectivity index (χ1n) is 4.77. The van der Waals surface area contributed by atoms with E-state index in [-0.39, 0.29) is 18.0 Å². The molecular weight excluding hydrogens is 210 g/mol. The van der Waals surface area contributed by atoms with Crippen molar-refractivity contribution in [3.63, 3.8) is 0 Å². The maximum Gasteiger partial charge on any atom is 0.335 e. The van der Waals surface area contributed by atoms with E-state index < -0.39 is 5.97 Å². The van der Waals surface area contributed by atoms with Crippen LogP contribution in [0.5, 0.6) is 0 Å². The van der Waals surface area contributed by atoms with Gasteiger partial charge in [-0.2, -0.15) is 0 Å². The smallest absolute Gasteiger partial charge is 0.335 e. The summed E-state index contributed by atoms with van der Waals surface area (Å²) >= 11 is 0. The Morgan fingerprint density at radius 2 is 1.94 bits per heavy atom. The standard InChI is InChI=1S/C11H13NO4/c1-16-10(13)6-7-12-9-4-2-8(3-5-9)11(14)15/h2-5,12H,6-7H2,1H3,(H,14,15). The Morgan fingerprint density at radius 1 is 1.31 bits per heavy atom. The van der Waals surface area contributed by atoms with E-state index in [9.17, 15) is 9.59 Å². The van der Waals surface area contributed by atoms with Gasteiger partial charge in [-0.25, -0.2) is 4.79 Å². The number of carbonyl (C=O) groups excluding carboxylic acids is 1. The summed E-state index contributed by atoms with van der Waals surface area (Å²) in [7, 11) is 1.34. The largest absolute Gasteiger partial charge is 0.478 e. The zero-order chi connectivity index (χ0) is 12.0. The Labute approximate surface area is 93.0 Å². The SMILES string of the molecule is COC(=O)CCNc1ccc(C(=O)O)cc1. The summed E-state index contributed by atoms with van der Waals surface area (Å²) in [6, 6.07) is 6.31. The molecule has 2 N–H and O–H groups in total. The minimum absolute atomic E-state index is 0.235. The van der Waals surface area contributed by atoms with Crippen LogP contribution >= 0.6 is 0 Å². The third-order valence-electron chi connectivity index (χ3n) is 2.02. The van der Waals surface area contributed by atoms with E-state index in [2.05, 4.69) is 10.1 Å². The summed E-state index contributed by atoms with van der Waals surface area (Å²) in [4.78, 5) is 21.4. The molecule has 0 unspecified atom stereocenters. The van der Waals surface area contributed by atoms with E-state index in [1.807, 2.05) is 0 Å². The fraction of sp³-hybridized carbons (Fsp3) is 0.273. The molecule has 1 aromatic carbocycles. The van der Waals surface area contributed by atoms with E-state index in [0.29, 0.717) is 6.54 Å². The van der Waals surface area contributed by atoms with Crippen LogP contribution in [-0.2, 0) is 9.53 Å². The Balaban J connectivity index is 2.43. The molecule has 0 radical (unpaired) electrons. The van der Waals surface area contributed by atoms with Gasteiger partial charge in [0, 0.05) is 12.2 Å². The van der Waals surface area contributed by atoms with Crippen LogP contribution in [0.15, 0.2) is 24.3 Å². The van der Waals surface area contributed by atoms with Crippen molar-refractivity contribution in [1.82, 2.24) is 0 Å². The number of rotatable bonds is 5. The molecule has 0 atom stereocenters. The number of carboxylic acids is 1. The topological polar surface area (TPSA) is 75.6 Å². The highest BCUT2D eigenvalue weighted by Gasteiger charge is 2.02. The summed E-state index contributed by atoms with van der Waals surface area (Å²) in [5.74, 6) is -1.24. The quantitative estimate of drug-likeness (QED) is 0.737. The molecule has 0 saturated heterocycles. The molecule has 0 bridgehead atoms. The van der Waals surface area contributed by atoms with Gasteiger partial charge in [-0.1, -0.05) is 0 Å². The second kappa shape index (κ2) is 5.75. The normalized spacial score (nSPS) is 9.56. The van der Waals surface area contributed by atoms with Crippen LogP contribution in [0.4, 0.5) is 5.69 Å². The number of carboxylic acid groups (broad SMARTS) is 1. The van der Waals surface area contributed by atoms with Gasteiger partial charge in [-0.15, -0.1) is 0 Å². The number of methoxy groups -OCH3 is 1. The van der Waals surface area contributed by atoms with Crippen molar-refractivity contribution in [2.45, 2.75) is 6.42 Å². The molecule has 0 spiro atoms. The van der Waals surface area contributed by atoms with Crippen LogP contribution in [0, 0.1) is 0 Å². The van der Waals surface area contributed by atoms with Gasteiger partial charge in [0.1, 0.15) is 0 Å². The van der Waals surface area contributed by atoms with E-state index in [0.717, 1.165) is 5.69 Å². The lowest BCUT2D eigenvalue weighted by Crippen LogP contribution is -2.09. The number of ether oxygens (including phenoxy) is 1. The summed E-state index contributed by atoms with van der Waals surface area (Å²) in [6.07, 6.45) is 0.275. The average molecular weight is 223 g/mol. The maximum absolute atomic E-state index is 10.8. The molecule has 1 rings (SSSR count). The van der Waals surface area contributed by atoms with E-state index in [1.165, 1.54) is 19.2 Å². The molecule has 5 nitrogen and oxygen atoms in total. The minimum Gasteiger partial charge on any atom is -0.478 e. The zero-order valence-corrected chi connectivity index (χ0v) is 8.90. The number of esters is 1. The number of aromatic carboxylic acids is 1. The van der Waals surface area contributed by atoms with Crippen molar-refractivity contribution < 1.29 is 19.4 Å². The van der Waals surface area contributed by atoms with Gasteiger partial charge < -0.3 is 15.2 Å². The van der Waals surface area contributed by atoms with Gasteiger partial charge in [-0.3, -0.25) is 4.79 Å². The summed E-state index contributed by atoms with van der Waals surface area (Å²) in [5, 5.41) is 11.7. The average Bonchev–Trinajstić information content (AvgIpc) is 2.29. The van der Waals surface area contributed by atoms with Gasteiger partial charge in [0.05, 0.1) is 19.1 Å². The van der Waals surface area contributed by atoms with Crippen LogP contribution in [-0.4, -0.2) is 30.7 Å². The van der Waals surface area contributed by atoms with Crippen molar-refractivity contribution in [3.05, 3.63) is 29.8 Å². The Kier molecular flexibility index (Phi) is 4.32. The minimum atomic E-state index is -0.957. The van der Waals surface area contributed by atoms with Crippen LogP contribution in [0.3, 0.4) is 0 Å². The number of hydrogen-bond acceptors (Lipinski definition) is 4. The van der Waals surface area contributed by atoms with Crippen molar-refractivity contribution in [3.8, 4) is 0 Å². The molecule has 0 heterocycles. The fourth-order valence-corrected chi connectivity index (χ4v) is 1.14. The highest BCUT2D eigenvalue weighted by Crippen LogP contribution is 2.09. The maximum atomic E-state index is 10.8. The van der Waals surface area contributed by atoms with Gasteiger partial charge >= 0.3 is 11.9 Å². The van der Waals surface area contributed by atoms with Crippen LogP contribution in [0.2, 0.25) is 0 Å². The molecule has 1 aromatic rings. The number of nitrogens with one attached hydrogen (secondary N) is 1. The first-order chi connectivity index (χ1) is 7.63. The molecule has 0 aliphatic heterocycles. The molecule has 0 amide bonds. The van der Waals surface area contributed by atoms with Crippen molar-refractivity contribution >= 4 is 17.6 Å². The molecule has 0 saturated carbocycles. The molecule has 5 heteroatoms. The lowest BCUT2D eigenvalue weighted by molar-refractivity contribution is -0.140.